The fraction of sp³-hybridized carbons (Fsp3) is 0.267. The van der Waals surface area contributed by atoms with Gasteiger partial charge in [-0.3, -0.25) is 4.79 Å². The molecule has 0 spiro atoms. The van der Waals surface area contributed by atoms with Crippen molar-refractivity contribution in [1.82, 2.24) is 4.98 Å². The van der Waals surface area contributed by atoms with Gasteiger partial charge in [0.15, 0.2) is 0 Å². The van der Waals surface area contributed by atoms with Gasteiger partial charge in [-0.25, -0.2) is 9.59 Å². The van der Waals surface area contributed by atoms with Crippen LogP contribution in [0.4, 0.5) is 5.69 Å². The van der Waals surface area contributed by atoms with Crippen LogP contribution in [-0.4, -0.2) is 36.0 Å². The number of hydrogen-bond donors (Lipinski definition) is 2. The smallest absolute Gasteiger partial charge is 0.397 e. The minimum atomic E-state index is -1.01. The molecule has 2 aromatic rings. The van der Waals surface area contributed by atoms with Crippen LogP contribution < -0.4 is 5.32 Å². The average molecular weight is 304 g/mol. The van der Waals surface area contributed by atoms with Crippen LogP contribution >= 0.6 is 0 Å². The molecule has 0 fully saturated rings. The van der Waals surface area contributed by atoms with Gasteiger partial charge >= 0.3 is 17.8 Å². The van der Waals surface area contributed by atoms with Crippen molar-refractivity contribution < 1.29 is 23.9 Å². The monoisotopic (exact) mass is 304 g/mol. The average Bonchev–Trinajstić information content (AvgIpc) is 2.95. The van der Waals surface area contributed by atoms with Gasteiger partial charge < -0.3 is 19.8 Å². The van der Waals surface area contributed by atoms with Gasteiger partial charge in [0.2, 0.25) is 0 Å². The summed E-state index contributed by atoms with van der Waals surface area (Å²) < 4.78 is 9.63. The summed E-state index contributed by atoms with van der Waals surface area (Å²) in [6, 6.07) is 5.05. The van der Waals surface area contributed by atoms with Crippen LogP contribution in [0.15, 0.2) is 24.4 Å². The lowest BCUT2D eigenvalue weighted by Gasteiger charge is -2.11. The Balaban J connectivity index is 2.40. The number of esters is 2. The molecular weight excluding hydrogens is 288 g/mol. The molecule has 22 heavy (non-hydrogen) atoms. The molecule has 0 unspecified atom stereocenters. The molecule has 7 nitrogen and oxygen atoms in total. The molecule has 0 atom stereocenters. The first-order valence-corrected chi connectivity index (χ1v) is 6.83. The first kappa shape index (κ1) is 15.6. The highest BCUT2D eigenvalue weighted by atomic mass is 16.5. The number of fused-ring (bicyclic) bond motifs is 1. The van der Waals surface area contributed by atoms with Crippen LogP contribution in [0.2, 0.25) is 0 Å². The van der Waals surface area contributed by atoms with Gasteiger partial charge in [0, 0.05) is 11.6 Å². The van der Waals surface area contributed by atoms with Gasteiger partial charge in [0.25, 0.3) is 0 Å². The quantitative estimate of drug-likeness (QED) is 0.663. The van der Waals surface area contributed by atoms with Crippen molar-refractivity contribution in [2.45, 2.75) is 13.8 Å². The zero-order chi connectivity index (χ0) is 16.1. The number of H-pyrrole nitrogens is 1. The van der Waals surface area contributed by atoms with E-state index in [2.05, 4.69) is 15.0 Å². The second kappa shape index (κ2) is 6.75. The predicted octanol–water partition coefficient (Wildman–Crippen LogP) is 1.85. The van der Waals surface area contributed by atoms with Crippen molar-refractivity contribution in [2.75, 3.05) is 18.5 Å². The molecule has 0 aliphatic carbocycles. The van der Waals surface area contributed by atoms with E-state index in [4.69, 9.17) is 4.74 Å². The number of nitrogens with one attached hydrogen (secondary N) is 2. The number of amides is 1. The summed E-state index contributed by atoms with van der Waals surface area (Å²) >= 11 is 0. The molecule has 1 aromatic heterocycles. The standard InChI is InChI=1S/C15H16N2O5/c1-3-21-14(19)11-10(17-13(18)15(20)22-4-2)6-5-9-7-8-16-12(9)11/h5-8,16H,3-4H2,1-2H3,(H,17,18). The third-order valence-electron chi connectivity index (χ3n) is 2.92. The Bertz CT molecular complexity index is 720. The maximum atomic E-state index is 12.1. The highest BCUT2D eigenvalue weighted by Gasteiger charge is 2.22. The summed E-state index contributed by atoms with van der Waals surface area (Å²) in [7, 11) is 0. The molecule has 1 heterocycles. The van der Waals surface area contributed by atoms with Gasteiger partial charge in [-0.1, -0.05) is 6.07 Å². The molecule has 0 saturated heterocycles. The van der Waals surface area contributed by atoms with E-state index < -0.39 is 17.8 Å². The normalized spacial score (nSPS) is 10.3. The molecule has 116 valence electrons. The zero-order valence-electron chi connectivity index (χ0n) is 12.3. The van der Waals surface area contributed by atoms with Gasteiger partial charge in [-0.2, -0.15) is 0 Å². The topological polar surface area (TPSA) is 97.5 Å². The molecule has 2 N–H and O–H groups in total. The Morgan fingerprint density at radius 1 is 1.09 bits per heavy atom. The van der Waals surface area contributed by atoms with E-state index in [0.29, 0.717) is 5.52 Å². The van der Waals surface area contributed by atoms with Crippen LogP contribution in [0.25, 0.3) is 10.9 Å². The number of rotatable bonds is 4. The maximum absolute atomic E-state index is 12.1. The lowest BCUT2D eigenvalue weighted by atomic mass is 10.1. The summed E-state index contributed by atoms with van der Waals surface area (Å²) in [5.41, 5.74) is 0.883. The van der Waals surface area contributed by atoms with Crippen molar-refractivity contribution in [3.8, 4) is 0 Å². The maximum Gasteiger partial charge on any atom is 0.397 e. The molecule has 1 amide bonds. The van der Waals surface area contributed by atoms with Crippen LogP contribution in [0.3, 0.4) is 0 Å². The minimum absolute atomic E-state index is 0.0899. The van der Waals surface area contributed by atoms with Gasteiger partial charge in [-0.15, -0.1) is 0 Å². The summed E-state index contributed by atoms with van der Waals surface area (Å²) in [5, 5.41) is 3.17. The van der Waals surface area contributed by atoms with Gasteiger partial charge in [0.1, 0.15) is 5.56 Å². The Hall–Kier alpha value is -2.83. The van der Waals surface area contributed by atoms with E-state index in [1.165, 1.54) is 0 Å². The van der Waals surface area contributed by atoms with Crippen molar-refractivity contribution in [1.29, 1.82) is 0 Å². The molecule has 0 radical (unpaired) electrons. The molecule has 0 saturated carbocycles. The summed E-state index contributed by atoms with van der Waals surface area (Å²) in [6.07, 6.45) is 1.67. The first-order chi connectivity index (χ1) is 10.6. The number of ether oxygens (including phenoxy) is 2. The lowest BCUT2D eigenvalue weighted by Crippen LogP contribution is -2.26. The fourth-order valence-electron chi connectivity index (χ4n) is 2.02. The first-order valence-electron chi connectivity index (χ1n) is 6.83. The van der Waals surface area contributed by atoms with Crippen LogP contribution in [0.1, 0.15) is 24.2 Å². The Labute approximate surface area is 126 Å². The van der Waals surface area contributed by atoms with E-state index in [9.17, 15) is 14.4 Å². The Kier molecular flexibility index (Phi) is 4.77. The van der Waals surface area contributed by atoms with Crippen LogP contribution in [0, 0.1) is 0 Å². The van der Waals surface area contributed by atoms with E-state index in [-0.39, 0.29) is 24.5 Å². The SMILES string of the molecule is CCOC(=O)C(=O)Nc1ccc2cc[nH]c2c1C(=O)OCC. The molecule has 7 heteroatoms. The number of anilines is 1. The molecule has 0 bridgehead atoms. The van der Waals surface area contributed by atoms with Crippen molar-refractivity contribution in [3.05, 3.63) is 30.0 Å². The fourth-order valence-corrected chi connectivity index (χ4v) is 2.02. The highest BCUT2D eigenvalue weighted by molar-refractivity contribution is 6.37. The minimum Gasteiger partial charge on any atom is -0.462 e. The number of carbonyl (C=O) groups is 3. The number of benzene rings is 1. The van der Waals surface area contributed by atoms with Gasteiger partial charge in [0.05, 0.1) is 24.4 Å². The van der Waals surface area contributed by atoms with E-state index in [0.717, 1.165) is 5.39 Å². The van der Waals surface area contributed by atoms with Crippen molar-refractivity contribution in [3.63, 3.8) is 0 Å². The van der Waals surface area contributed by atoms with Crippen LogP contribution in [0.5, 0.6) is 0 Å². The van der Waals surface area contributed by atoms with E-state index >= 15 is 0 Å². The molecular formula is C15H16N2O5. The summed E-state index contributed by atoms with van der Waals surface area (Å²) in [5.74, 6) is -2.54. The second-order valence-corrected chi connectivity index (χ2v) is 4.33. The molecule has 2 rings (SSSR count). The summed E-state index contributed by atoms with van der Waals surface area (Å²) in [4.78, 5) is 38.2. The highest BCUT2D eigenvalue weighted by Crippen LogP contribution is 2.26. The number of carbonyl (C=O) groups excluding carboxylic acids is 3. The summed E-state index contributed by atoms with van der Waals surface area (Å²) in [6.45, 7) is 3.57. The largest absolute Gasteiger partial charge is 0.462 e. The predicted molar refractivity (Wildman–Crippen MR) is 79.5 cm³/mol. The number of aromatic amines is 1. The number of aromatic nitrogens is 1. The van der Waals surface area contributed by atoms with Crippen LogP contribution in [-0.2, 0) is 19.1 Å². The Morgan fingerprint density at radius 2 is 1.82 bits per heavy atom. The lowest BCUT2D eigenvalue weighted by molar-refractivity contribution is -0.152. The van der Waals surface area contributed by atoms with E-state index in [1.807, 2.05) is 0 Å². The third-order valence-corrected chi connectivity index (χ3v) is 2.92. The second-order valence-electron chi connectivity index (χ2n) is 4.33. The molecule has 0 aliphatic heterocycles. The third kappa shape index (κ3) is 3.08. The van der Waals surface area contributed by atoms with Gasteiger partial charge in [-0.05, 0) is 26.0 Å². The van der Waals surface area contributed by atoms with Crippen molar-refractivity contribution >= 4 is 34.4 Å². The number of hydrogen-bond acceptors (Lipinski definition) is 5. The molecule has 0 aliphatic rings. The zero-order valence-corrected chi connectivity index (χ0v) is 12.3. The Morgan fingerprint density at radius 3 is 2.50 bits per heavy atom. The molecule has 1 aromatic carbocycles. The van der Waals surface area contributed by atoms with Crippen molar-refractivity contribution in [2.24, 2.45) is 0 Å². The van der Waals surface area contributed by atoms with E-state index in [1.54, 1.807) is 38.2 Å².